The van der Waals surface area contributed by atoms with Crippen LogP contribution in [0.4, 0.5) is 0 Å². The smallest absolute Gasteiger partial charge is 0.0237 e. The van der Waals surface area contributed by atoms with Gasteiger partial charge in [-0.3, -0.25) is 4.90 Å². The van der Waals surface area contributed by atoms with Gasteiger partial charge < -0.3 is 5.32 Å². The highest BCUT2D eigenvalue weighted by molar-refractivity contribution is 5.28. The third-order valence-electron chi connectivity index (χ3n) is 4.76. The number of benzene rings is 1. The van der Waals surface area contributed by atoms with E-state index in [0.29, 0.717) is 12.1 Å². The van der Waals surface area contributed by atoms with Gasteiger partial charge in [-0.1, -0.05) is 24.3 Å². The Morgan fingerprint density at radius 1 is 1.15 bits per heavy atom. The second kappa shape index (κ2) is 6.28. The summed E-state index contributed by atoms with van der Waals surface area (Å²) >= 11 is 0. The summed E-state index contributed by atoms with van der Waals surface area (Å²) in [6.07, 6.45) is 5.46. The van der Waals surface area contributed by atoms with Crippen LogP contribution in [0.2, 0.25) is 0 Å². The lowest BCUT2D eigenvalue weighted by Crippen LogP contribution is -2.40. The highest BCUT2D eigenvalue weighted by Crippen LogP contribution is 2.39. The summed E-state index contributed by atoms with van der Waals surface area (Å²) in [5, 5.41) is 3.62. The van der Waals surface area contributed by atoms with Crippen molar-refractivity contribution in [3.8, 4) is 0 Å². The summed E-state index contributed by atoms with van der Waals surface area (Å²) in [7, 11) is 0. The number of rotatable bonds is 6. The molecular weight excluding hydrogens is 244 g/mol. The van der Waals surface area contributed by atoms with Crippen LogP contribution >= 0.6 is 0 Å². The molecule has 2 heteroatoms. The van der Waals surface area contributed by atoms with E-state index in [2.05, 4.69) is 48.3 Å². The van der Waals surface area contributed by atoms with Gasteiger partial charge in [0.1, 0.15) is 0 Å². The molecule has 1 aliphatic carbocycles. The average molecular weight is 272 g/mol. The van der Waals surface area contributed by atoms with Crippen molar-refractivity contribution < 1.29 is 0 Å². The first kappa shape index (κ1) is 14.1. The van der Waals surface area contributed by atoms with Crippen LogP contribution in [0.1, 0.15) is 56.6 Å². The molecule has 2 aliphatic rings. The van der Waals surface area contributed by atoms with Crippen LogP contribution in [0, 0.1) is 0 Å². The summed E-state index contributed by atoms with van der Waals surface area (Å²) in [5.74, 6) is 0.868. The number of hydrogen-bond acceptors (Lipinski definition) is 2. The second-order valence-corrected chi connectivity index (χ2v) is 6.83. The molecule has 3 rings (SSSR count). The molecule has 1 aliphatic heterocycles. The minimum atomic E-state index is 0.612. The molecule has 1 atom stereocenters. The Labute approximate surface area is 123 Å². The maximum Gasteiger partial charge on any atom is 0.0237 e. The second-order valence-electron chi connectivity index (χ2n) is 6.83. The highest BCUT2D eigenvalue weighted by Gasteiger charge is 2.23. The lowest BCUT2D eigenvalue weighted by Gasteiger charge is -2.29. The fraction of sp³-hybridized carbons (Fsp3) is 0.667. The quantitative estimate of drug-likeness (QED) is 0.852. The van der Waals surface area contributed by atoms with Gasteiger partial charge in [0.15, 0.2) is 0 Å². The molecule has 0 amide bonds. The van der Waals surface area contributed by atoms with Crippen molar-refractivity contribution in [2.45, 2.75) is 64.1 Å². The maximum atomic E-state index is 3.62. The van der Waals surface area contributed by atoms with Gasteiger partial charge in [0.2, 0.25) is 0 Å². The molecule has 0 bridgehead atoms. The minimum absolute atomic E-state index is 0.612. The summed E-state index contributed by atoms with van der Waals surface area (Å²) in [5.41, 5.74) is 3.00. The zero-order valence-electron chi connectivity index (χ0n) is 12.9. The van der Waals surface area contributed by atoms with E-state index in [1.54, 1.807) is 5.56 Å². The van der Waals surface area contributed by atoms with E-state index >= 15 is 0 Å². The van der Waals surface area contributed by atoms with Gasteiger partial charge in [0.05, 0.1) is 0 Å². The number of nitrogens with zero attached hydrogens (tertiary/aromatic N) is 1. The molecule has 0 aromatic heterocycles. The molecule has 1 aromatic rings. The van der Waals surface area contributed by atoms with Crippen LogP contribution in [0.15, 0.2) is 24.3 Å². The highest BCUT2D eigenvalue weighted by atomic mass is 15.2. The van der Waals surface area contributed by atoms with E-state index in [4.69, 9.17) is 0 Å². The van der Waals surface area contributed by atoms with Crippen LogP contribution in [-0.4, -0.2) is 30.1 Å². The summed E-state index contributed by atoms with van der Waals surface area (Å²) in [6.45, 7) is 8.09. The Bertz CT molecular complexity index is 414. The Morgan fingerprint density at radius 3 is 2.45 bits per heavy atom. The molecule has 0 spiro atoms. The van der Waals surface area contributed by atoms with Crippen LogP contribution < -0.4 is 5.32 Å². The number of nitrogens with one attached hydrogen (secondary N) is 1. The molecule has 0 radical (unpaired) electrons. The first-order valence-corrected chi connectivity index (χ1v) is 8.28. The van der Waals surface area contributed by atoms with E-state index in [9.17, 15) is 0 Å². The first-order chi connectivity index (χ1) is 9.72. The van der Waals surface area contributed by atoms with Crippen molar-refractivity contribution in [3.05, 3.63) is 35.4 Å². The standard InChI is InChI=1S/C18H28N2/c1-14(2)20(13-18-4-3-11-19-18)12-15-5-7-16(8-6-15)17-9-10-17/h5-8,14,17-19H,3-4,9-13H2,1-2H3. The fourth-order valence-electron chi connectivity index (χ4n) is 3.20. The van der Waals surface area contributed by atoms with Gasteiger partial charge in [0.25, 0.3) is 0 Å². The van der Waals surface area contributed by atoms with Crippen molar-refractivity contribution in [3.63, 3.8) is 0 Å². The predicted octanol–water partition coefficient (Wildman–Crippen LogP) is 3.53. The predicted molar refractivity (Wildman–Crippen MR) is 85.0 cm³/mol. The summed E-state index contributed by atoms with van der Waals surface area (Å²) in [4.78, 5) is 2.61. The largest absolute Gasteiger partial charge is 0.313 e. The third kappa shape index (κ3) is 3.62. The third-order valence-corrected chi connectivity index (χ3v) is 4.76. The molecule has 20 heavy (non-hydrogen) atoms. The van der Waals surface area contributed by atoms with E-state index in [1.807, 2.05) is 0 Å². The molecule has 1 saturated heterocycles. The van der Waals surface area contributed by atoms with Crippen LogP contribution in [0.3, 0.4) is 0 Å². The number of hydrogen-bond donors (Lipinski definition) is 1. The van der Waals surface area contributed by atoms with Gasteiger partial charge >= 0.3 is 0 Å². The average Bonchev–Trinajstić information content (AvgIpc) is 3.17. The van der Waals surface area contributed by atoms with Crippen molar-refractivity contribution >= 4 is 0 Å². The monoisotopic (exact) mass is 272 g/mol. The lowest BCUT2D eigenvalue weighted by atomic mass is 10.1. The van der Waals surface area contributed by atoms with E-state index in [-0.39, 0.29) is 0 Å². The molecule has 1 N–H and O–H groups in total. The minimum Gasteiger partial charge on any atom is -0.313 e. The summed E-state index contributed by atoms with van der Waals surface area (Å²) in [6, 6.07) is 10.7. The van der Waals surface area contributed by atoms with E-state index in [0.717, 1.165) is 12.5 Å². The Hall–Kier alpha value is -0.860. The summed E-state index contributed by atoms with van der Waals surface area (Å²) < 4.78 is 0. The molecule has 1 heterocycles. The fourth-order valence-corrected chi connectivity index (χ4v) is 3.20. The molecule has 2 nitrogen and oxygen atoms in total. The van der Waals surface area contributed by atoms with Crippen molar-refractivity contribution in [1.29, 1.82) is 0 Å². The van der Waals surface area contributed by atoms with Crippen LogP contribution in [-0.2, 0) is 6.54 Å². The molecule has 1 unspecified atom stereocenters. The van der Waals surface area contributed by atoms with Crippen molar-refractivity contribution in [2.75, 3.05) is 13.1 Å². The molecular formula is C18H28N2. The van der Waals surface area contributed by atoms with Crippen LogP contribution in [0.25, 0.3) is 0 Å². The zero-order valence-corrected chi connectivity index (χ0v) is 12.9. The van der Waals surface area contributed by atoms with Gasteiger partial charge in [-0.05, 0) is 63.1 Å². The Morgan fingerprint density at radius 2 is 1.90 bits per heavy atom. The normalized spacial score (nSPS) is 22.9. The first-order valence-electron chi connectivity index (χ1n) is 8.28. The molecule has 110 valence electrons. The Kier molecular flexibility index (Phi) is 4.42. The van der Waals surface area contributed by atoms with Gasteiger partial charge in [-0.25, -0.2) is 0 Å². The van der Waals surface area contributed by atoms with Crippen LogP contribution in [0.5, 0.6) is 0 Å². The topological polar surface area (TPSA) is 15.3 Å². The SMILES string of the molecule is CC(C)N(Cc1ccc(C2CC2)cc1)CC1CCCN1. The molecule has 1 aromatic carbocycles. The lowest BCUT2D eigenvalue weighted by molar-refractivity contribution is 0.194. The van der Waals surface area contributed by atoms with Gasteiger partial charge in [-0.15, -0.1) is 0 Å². The van der Waals surface area contributed by atoms with Crippen molar-refractivity contribution in [1.82, 2.24) is 10.2 Å². The van der Waals surface area contributed by atoms with Gasteiger partial charge in [0, 0.05) is 25.2 Å². The maximum absolute atomic E-state index is 3.62. The van der Waals surface area contributed by atoms with E-state index in [1.165, 1.54) is 44.3 Å². The zero-order chi connectivity index (χ0) is 13.9. The van der Waals surface area contributed by atoms with E-state index < -0.39 is 0 Å². The Balaban J connectivity index is 1.59. The van der Waals surface area contributed by atoms with Gasteiger partial charge in [-0.2, -0.15) is 0 Å². The molecule has 2 fully saturated rings. The molecule has 1 saturated carbocycles. The van der Waals surface area contributed by atoms with Crippen molar-refractivity contribution in [2.24, 2.45) is 0 Å².